The highest BCUT2D eigenvalue weighted by Crippen LogP contribution is 2.39. The highest BCUT2D eigenvalue weighted by atomic mass is 16.5. The van der Waals surface area contributed by atoms with Crippen LogP contribution in [0.4, 0.5) is 0 Å². The van der Waals surface area contributed by atoms with E-state index in [2.05, 4.69) is 103 Å². The molecule has 0 spiro atoms. The van der Waals surface area contributed by atoms with E-state index in [1.807, 2.05) is 60.7 Å². The van der Waals surface area contributed by atoms with Crippen molar-refractivity contribution in [1.82, 2.24) is 0 Å². The molecule has 0 atom stereocenters. The molecule has 0 fully saturated rings. The van der Waals surface area contributed by atoms with Crippen LogP contribution in [0.3, 0.4) is 0 Å². The van der Waals surface area contributed by atoms with Crippen molar-refractivity contribution in [3.63, 3.8) is 0 Å². The molecule has 194 valence electrons. The van der Waals surface area contributed by atoms with Crippen LogP contribution in [0, 0.1) is 0 Å². The van der Waals surface area contributed by atoms with Gasteiger partial charge in [-0.15, -0.1) is 0 Å². The number of allylic oxidation sites excluding steroid dienone is 4. The van der Waals surface area contributed by atoms with Crippen molar-refractivity contribution in [2.24, 2.45) is 0 Å². The summed E-state index contributed by atoms with van der Waals surface area (Å²) in [5.74, 6) is 2.51. The number of fused-ring (bicyclic) bond motifs is 2. The zero-order valence-corrected chi connectivity index (χ0v) is 22.4. The van der Waals surface area contributed by atoms with Gasteiger partial charge in [-0.2, -0.15) is 0 Å². The minimum atomic E-state index is 0.832. The van der Waals surface area contributed by atoms with Crippen molar-refractivity contribution in [1.29, 1.82) is 0 Å². The second-order valence-electron chi connectivity index (χ2n) is 9.97. The van der Waals surface area contributed by atoms with Gasteiger partial charge in [0.05, 0.1) is 17.0 Å². The van der Waals surface area contributed by atoms with Gasteiger partial charge in [-0.1, -0.05) is 109 Å². The number of benzene rings is 5. The molecule has 0 saturated heterocycles. The highest BCUT2D eigenvalue weighted by molar-refractivity contribution is 6.01. The number of ether oxygens (including phenoxy) is 1. The molecule has 1 aliphatic heterocycles. The van der Waals surface area contributed by atoms with E-state index in [1.165, 1.54) is 0 Å². The molecule has 0 aliphatic carbocycles. The molecule has 2 heteroatoms. The first-order valence-electron chi connectivity index (χ1n) is 13.8. The van der Waals surface area contributed by atoms with Crippen LogP contribution in [0.5, 0.6) is 5.75 Å². The Hall–Kier alpha value is -5.47. The second-order valence-corrected chi connectivity index (χ2v) is 9.97. The highest BCUT2D eigenvalue weighted by Gasteiger charge is 2.20. The monoisotopic (exact) mass is 527 g/mol. The van der Waals surface area contributed by atoms with E-state index < -0.39 is 0 Å². The van der Waals surface area contributed by atoms with Crippen LogP contribution < -0.4 is 4.74 Å². The van der Waals surface area contributed by atoms with Crippen molar-refractivity contribution in [2.75, 3.05) is 0 Å². The van der Waals surface area contributed by atoms with Gasteiger partial charge < -0.3 is 4.74 Å². The van der Waals surface area contributed by atoms with Crippen LogP contribution in [0.2, 0.25) is 0 Å². The number of rotatable bonds is 5. The summed E-state index contributed by atoms with van der Waals surface area (Å²) in [7, 11) is 0. The van der Waals surface area contributed by atoms with Crippen molar-refractivity contribution < 1.29 is 9.15 Å². The fraction of sp³-hybridized carbons (Fsp3) is 0. The Bertz CT molecular complexity index is 1930. The Morgan fingerprint density at radius 1 is 0.610 bits per heavy atom. The Balaban J connectivity index is 1.45. The molecule has 0 unspecified atom stereocenters. The minimum Gasteiger partial charge on any atom is -0.456 e. The van der Waals surface area contributed by atoms with E-state index in [0.717, 1.165) is 67.2 Å². The van der Waals surface area contributed by atoms with Gasteiger partial charge in [-0.05, 0) is 59.2 Å². The summed E-state index contributed by atoms with van der Waals surface area (Å²) in [6, 6.07) is 49.6. The van der Waals surface area contributed by atoms with Gasteiger partial charge in [0, 0.05) is 22.8 Å². The average molecular weight is 528 g/mol. The number of para-hydroxylation sites is 2. The Morgan fingerprint density at radius 2 is 1.24 bits per heavy atom. The maximum absolute atomic E-state index is 6.36. The lowest BCUT2D eigenvalue weighted by Gasteiger charge is -2.21. The molecule has 0 radical (unpaired) electrons. The molecular weight excluding hydrogens is 500 g/mol. The van der Waals surface area contributed by atoms with Crippen LogP contribution in [-0.4, -0.2) is 0 Å². The van der Waals surface area contributed by atoms with E-state index >= 15 is 0 Å². The lowest BCUT2D eigenvalue weighted by atomic mass is 9.93. The third-order valence-corrected chi connectivity index (χ3v) is 7.25. The van der Waals surface area contributed by atoms with Crippen molar-refractivity contribution in [3.8, 4) is 17.1 Å². The lowest BCUT2D eigenvalue weighted by Crippen LogP contribution is -2.03. The predicted molar refractivity (Wildman–Crippen MR) is 170 cm³/mol. The predicted octanol–water partition coefficient (Wildman–Crippen LogP) is 10.4. The van der Waals surface area contributed by atoms with Crippen LogP contribution in [-0.2, 0) is 0 Å². The van der Waals surface area contributed by atoms with Crippen molar-refractivity contribution in [2.45, 2.75) is 0 Å². The average Bonchev–Trinajstić information content (AvgIpc) is 3.05. The topological polar surface area (TPSA) is 20.5 Å². The fourth-order valence-electron chi connectivity index (χ4n) is 5.22. The Morgan fingerprint density at radius 3 is 2.02 bits per heavy atom. The number of hydrogen-bond donors (Lipinski definition) is 0. The minimum absolute atomic E-state index is 0.832. The quantitative estimate of drug-likeness (QED) is 0.208. The maximum atomic E-state index is 6.36. The molecule has 6 aromatic rings. The summed E-state index contributed by atoms with van der Waals surface area (Å²) in [5, 5.41) is 1.06. The number of hydrogen-bond acceptors (Lipinski definition) is 1. The first-order valence-corrected chi connectivity index (χ1v) is 13.8. The summed E-state index contributed by atoms with van der Waals surface area (Å²) in [4.78, 5) is 0. The largest absolute Gasteiger partial charge is 0.456 e. The fourth-order valence-corrected chi connectivity index (χ4v) is 5.22. The molecule has 1 aromatic heterocycles. The van der Waals surface area contributed by atoms with Crippen LogP contribution in [0.15, 0.2) is 162 Å². The summed E-state index contributed by atoms with van der Waals surface area (Å²) < 4.78 is 12.7. The zero-order valence-electron chi connectivity index (χ0n) is 22.4. The van der Waals surface area contributed by atoms with Gasteiger partial charge in [0.15, 0.2) is 0 Å². The van der Waals surface area contributed by atoms with Crippen molar-refractivity contribution >= 4 is 34.0 Å². The molecule has 7 rings (SSSR count). The molecular formula is C39H27O2+. The molecule has 0 N–H and O–H groups in total. The normalized spacial score (nSPS) is 13.9. The van der Waals surface area contributed by atoms with E-state index in [-0.39, 0.29) is 0 Å². The van der Waals surface area contributed by atoms with Gasteiger partial charge >= 0.3 is 11.3 Å². The smallest absolute Gasteiger partial charge is 0.361 e. The van der Waals surface area contributed by atoms with Crippen LogP contribution in [0.1, 0.15) is 22.3 Å². The molecule has 2 nitrogen and oxygen atoms in total. The third-order valence-electron chi connectivity index (χ3n) is 7.25. The molecule has 41 heavy (non-hydrogen) atoms. The molecule has 1 aliphatic rings. The molecule has 2 heterocycles. The maximum Gasteiger partial charge on any atom is 0.361 e. The van der Waals surface area contributed by atoms with Gasteiger partial charge in [0.1, 0.15) is 11.5 Å². The first-order chi connectivity index (χ1) is 20.3. The third kappa shape index (κ3) is 5.11. The Labute approximate surface area is 239 Å². The van der Waals surface area contributed by atoms with Crippen molar-refractivity contribution in [3.05, 3.63) is 180 Å². The molecule has 5 aromatic carbocycles. The van der Waals surface area contributed by atoms with Crippen LogP contribution in [0.25, 0.3) is 45.3 Å². The lowest BCUT2D eigenvalue weighted by molar-refractivity contribution is 0.509. The Kier molecular flexibility index (Phi) is 6.56. The SMILES string of the molecule is C1=C(c2ccccc2)Oc2ccccc2/C1=C/C(=C/c1cc(-c2ccccc2)[o+]c2ccccc12)c1ccccc1. The standard InChI is InChI=1S/C39H27O2/c1-4-14-28(15-5-1)31(24-32-26-38(29-16-6-2-7-17-29)40-36-22-12-10-20-34(32)36)25-33-27-39(30-18-8-3-9-19-30)41-37-23-13-11-21-35(33)37/h1-27H/q+1. The summed E-state index contributed by atoms with van der Waals surface area (Å²) in [6.07, 6.45) is 6.67. The van der Waals surface area contributed by atoms with Gasteiger partial charge in [0.2, 0.25) is 0 Å². The first kappa shape index (κ1) is 24.6. The summed E-state index contributed by atoms with van der Waals surface area (Å²) in [6.45, 7) is 0. The van der Waals surface area contributed by atoms with E-state index in [4.69, 9.17) is 9.15 Å². The van der Waals surface area contributed by atoms with E-state index in [1.54, 1.807) is 0 Å². The second kappa shape index (κ2) is 11.0. The van der Waals surface area contributed by atoms with Gasteiger partial charge in [-0.3, -0.25) is 0 Å². The van der Waals surface area contributed by atoms with Crippen LogP contribution >= 0.6 is 0 Å². The van der Waals surface area contributed by atoms with E-state index in [9.17, 15) is 0 Å². The molecule has 0 amide bonds. The zero-order chi connectivity index (χ0) is 27.4. The van der Waals surface area contributed by atoms with Gasteiger partial charge in [-0.25, -0.2) is 4.42 Å². The summed E-state index contributed by atoms with van der Waals surface area (Å²) >= 11 is 0. The molecule has 0 bridgehead atoms. The summed E-state index contributed by atoms with van der Waals surface area (Å²) in [5.41, 5.74) is 8.40. The van der Waals surface area contributed by atoms with E-state index in [0.29, 0.717) is 0 Å². The molecule has 0 saturated carbocycles. The van der Waals surface area contributed by atoms with Gasteiger partial charge in [0.25, 0.3) is 0 Å².